The summed E-state index contributed by atoms with van der Waals surface area (Å²) in [6, 6.07) is 24.7. The second-order valence-corrected chi connectivity index (χ2v) is 9.59. The summed E-state index contributed by atoms with van der Waals surface area (Å²) < 4.78 is 5.83. The maximum absolute atomic E-state index is 13.0. The number of carbonyl (C=O) groups excluding carboxylic acids is 1. The number of benzene rings is 3. The quantitative estimate of drug-likeness (QED) is 0.225. The molecule has 0 unspecified atom stereocenters. The van der Waals surface area contributed by atoms with Gasteiger partial charge in [-0.3, -0.25) is 9.69 Å². The van der Waals surface area contributed by atoms with E-state index in [-0.39, 0.29) is 80.6 Å². The van der Waals surface area contributed by atoms with E-state index in [0.29, 0.717) is 29.0 Å². The number of phenolic OH excluding ortho intramolecular Hbond substituents is 1. The van der Waals surface area contributed by atoms with Crippen molar-refractivity contribution in [2.45, 2.75) is 60.5 Å². The van der Waals surface area contributed by atoms with Gasteiger partial charge in [-0.25, -0.2) is 0 Å². The van der Waals surface area contributed by atoms with Gasteiger partial charge in [-0.05, 0) is 61.4 Å². The molecule has 0 bridgehead atoms. The molecule has 8 heteroatoms. The van der Waals surface area contributed by atoms with Crippen LogP contribution in [0.1, 0.15) is 58.8 Å². The van der Waals surface area contributed by atoms with Gasteiger partial charge in [0.25, 0.3) is 5.91 Å². The third-order valence-electron chi connectivity index (χ3n) is 6.54. The Morgan fingerprint density at radius 3 is 2.02 bits per heavy atom. The molecule has 0 aromatic heterocycles. The third-order valence-corrected chi connectivity index (χ3v) is 6.54. The molecule has 6 nitrogen and oxygen atoms in total. The standard InChI is InChI=1S/C29H35N3O3.2C2H6.2CH3.W.Y/c1-21(2)28(20-31-16-17-32(22(3)19-31)24-8-7-9-25(33)18-24)30-29(34)23-12-14-27(15-13-23)35-26-10-5-4-6-11-26;2*1-2;;;;/h4-15,18,21-22,28,33H,16-17,19-20H2,1-3H3,(H,30,34);2*1-2H3;2*1H3;;/q;;;2*-1;;/t22-,28+;;;;;;/m0....../s1. The molecule has 237 valence electrons. The molecule has 1 saturated heterocycles. The summed E-state index contributed by atoms with van der Waals surface area (Å²) in [4.78, 5) is 17.8. The summed E-state index contributed by atoms with van der Waals surface area (Å²) in [5, 5.41) is 13.1. The number of hydrogen-bond donors (Lipinski definition) is 2. The van der Waals surface area contributed by atoms with E-state index in [0.717, 1.165) is 37.6 Å². The molecule has 2 N–H and O–H groups in total. The number of rotatable bonds is 8. The first-order chi connectivity index (χ1) is 18.9. The second-order valence-electron chi connectivity index (χ2n) is 9.59. The molecular weight excluding hydrogens is 783 g/mol. The van der Waals surface area contributed by atoms with Crippen LogP contribution in [0.15, 0.2) is 78.9 Å². The van der Waals surface area contributed by atoms with Crippen LogP contribution in [0.3, 0.4) is 0 Å². The molecule has 3 aromatic rings. The van der Waals surface area contributed by atoms with Crippen LogP contribution in [0.2, 0.25) is 0 Å². The molecule has 1 aliphatic heterocycles. The number of nitrogens with one attached hydrogen (secondary N) is 1. The van der Waals surface area contributed by atoms with E-state index in [1.807, 2.05) is 88.4 Å². The van der Waals surface area contributed by atoms with Crippen molar-refractivity contribution in [3.8, 4) is 17.2 Å². The first-order valence-electron chi connectivity index (χ1n) is 14.3. The Morgan fingerprint density at radius 2 is 1.49 bits per heavy atom. The topological polar surface area (TPSA) is 65.0 Å². The first-order valence-corrected chi connectivity index (χ1v) is 14.3. The number of aromatic hydroxyl groups is 1. The predicted octanol–water partition coefficient (Wildman–Crippen LogP) is 8.10. The van der Waals surface area contributed by atoms with Crippen LogP contribution >= 0.6 is 0 Å². The van der Waals surface area contributed by atoms with Crippen molar-refractivity contribution in [1.29, 1.82) is 0 Å². The fourth-order valence-electron chi connectivity index (χ4n) is 4.51. The molecular formula is C35H53N3O3WY-2. The number of amides is 1. The number of ether oxygens (including phenoxy) is 1. The van der Waals surface area contributed by atoms with Crippen molar-refractivity contribution in [2.75, 3.05) is 31.1 Å². The van der Waals surface area contributed by atoms with E-state index in [1.54, 1.807) is 18.2 Å². The largest absolute Gasteiger partial charge is 0.508 e. The van der Waals surface area contributed by atoms with Crippen molar-refractivity contribution in [1.82, 2.24) is 10.2 Å². The summed E-state index contributed by atoms with van der Waals surface area (Å²) in [6.07, 6.45) is 0. The smallest absolute Gasteiger partial charge is 0.251 e. The fourth-order valence-corrected chi connectivity index (χ4v) is 4.51. The Kier molecular flexibility index (Phi) is 26.1. The summed E-state index contributed by atoms with van der Waals surface area (Å²) in [7, 11) is 0. The first kappa shape index (κ1) is 45.7. The number of phenols is 1. The van der Waals surface area contributed by atoms with Gasteiger partial charge >= 0.3 is 0 Å². The predicted molar refractivity (Wildman–Crippen MR) is 176 cm³/mol. The van der Waals surface area contributed by atoms with Crippen LogP contribution in [0.25, 0.3) is 0 Å². The molecule has 0 spiro atoms. The molecule has 1 aliphatic rings. The Bertz CT molecular complexity index is 1120. The molecule has 1 fully saturated rings. The monoisotopic (exact) mass is 836 g/mol. The van der Waals surface area contributed by atoms with Crippen LogP contribution in [0.5, 0.6) is 17.2 Å². The number of hydrogen-bond acceptors (Lipinski definition) is 5. The van der Waals surface area contributed by atoms with Crippen LogP contribution in [0.4, 0.5) is 5.69 Å². The second kappa shape index (κ2) is 24.6. The molecule has 3 aromatic carbocycles. The maximum Gasteiger partial charge on any atom is 0.251 e. The molecule has 0 saturated carbocycles. The summed E-state index contributed by atoms with van der Waals surface area (Å²) in [6.45, 7) is 18.0. The maximum atomic E-state index is 13.0. The molecule has 43 heavy (non-hydrogen) atoms. The van der Waals surface area contributed by atoms with Gasteiger partial charge in [-0.1, -0.05) is 65.8 Å². The Labute approximate surface area is 302 Å². The van der Waals surface area contributed by atoms with Gasteiger partial charge in [-0.15, -0.1) is 0 Å². The summed E-state index contributed by atoms with van der Waals surface area (Å²) >= 11 is 0. The van der Waals surface area contributed by atoms with Crippen molar-refractivity contribution in [2.24, 2.45) is 5.92 Å². The Balaban J connectivity index is -0.00000192. The minimum Gasteiger partial charge on any atom is -0.508 e. The fraction of sp³-hybridized carbons (Fsp3) is 0.400. The number of anilines is 1. The zero-order valence-corrected chi connectivity index (χ0v) is 33.5. The molecule has 4 rings (SSSR count). The van der Waals surface area contributed by atoms with Crippen molar-refractivity contribution in [3.05, 3.63) is 99.3 Å². The van der Waals surface area contributed by atoms with E-state index < -0.39 is 0 Å². The van der Waals surface area contributed by atoms with Crippen LogP contribution in [0, 0.1) is 20.8 Å². The molecule has 0 aliphatic carbocycles. The van der Waals surface area contributed by atoms with Gasteiger partial charge in [-0.2, -0.15) is 0 Å². The van der Waals surface area contributed by atoms with Gasteiger partial charge < -0.3 is 34.9 Å². The molecule has 1 radical (unpaired) electrons. The van der Waals surface area contributed by atoms with E-state index >= 15 is 0 Å². The molecule has 1 heterocycles. The SMILES string of the molecule is CC.CC.CC(C)[C@@H](CN1CCN(c2cccc(O)c2)[C@@H](C)C1)NC(=O)c1ccc(Oc2ccccc2)cc1.[CH3-].[CH3-].[W].[Y]. The molecule has 2 atom stereocenters. The Hall–Kier alpha value is -1.72. The van der Waals surface area contributed by atoms with E-state index in [1.165, 1.54) is 0 Å². The minimum absolute atomic E-state index is 0. The van der Waals surface area contributed by atoms with Gasteiger partial charge in [0.2, 0.25) is 0 Å². The van der Waals surface area contributed by atoms with Gasteiger partial charge in [0.1, 0.15) is 17.2 Å². The number of nitrogens with zero attached hydrogens (tertiary/aromatic N) is 2. The average Bonchev–Trinajstić information content (AvgIpc) is 2.96. The Morgan fingerprint density at radius 1 is 0.907 bits per heavy atom. The van der Waals surface area contributed by atoms with E-state index in [2.05, 4.69) is 35.9 Å². The van der Waals surface area contributed by atoms with Crippen molar-refractivity contribution < 1.29 is 68.4 Å². The van der Waals surface area contributed by atoms with E-state index in [9.17, 15) is 9.90 Å². The van der Waals surface area contributed by atoms with Gasteiger partial charge in [0.05, 0.1) is 0 Å². The minimum atomic E-state index is -0.0681. The number of para-hydroxylation sites is 1. The summed E-state index contributed by atoms with van der Waals surface area (Å²) in [5.74, 6) is 1.99. The zero-order valence-electron chi connectivity index (χ0n) is 27.7. The van der Waals surface area contributed by atoms with Gasteiger partial charge in [0, 0.05) is 109 Å². The van der Waals surface area contributed by atoms with Crippen molar-refractivity contribution in [3.63, 3.8) is 0 Å². The van der Waals surface area contributed by atoms with Gasteiger partial charge in [0.15, 0.2) is 0 Å². The van der Waals surface area contributed by atoms with Crippen LogP contribution in [-0.2, 0) is 53.8 Å². The van der Waals surface area contributed by atoms with Crippen molar-refractivity contribution >= 4 is 11.6 Å². The van der Waals surface area contributed by atoms with E-state index in [4.69, 9.17) is 4.74 Å². The zero-order chi connectivity index (χ0) is 28.8. The molecule has 1 amide bonds. The third kappa shape index (κ3) is 14.7. The summed E-state index contributed by atoms with van der Waals surface area (Å²) in [5.41, 5.74) is 1.67. The average molecular weight is 837 g/mol. The van der Waals surface area contributed by atoms with Crippen LogP contribution in [-0.4, -0.2) is 54.2 Å². The van der Waals surface area contributed by atoms with Crippen LogP contribution < -0.4 is 15.0 Å². The number of piperazine rings is 1. The normalized spacial score (nSPS) is 14.3. The number of carbonyl (C=O) groups is 1.